The van der Waals surface area contributed by atoms with Gasteiger partial charge in [0, 0.05) is 53.5 Å². The van der Waals surface area contributed by atoms with Crippen molar-refractivity contribution in [1.82, 2.24) is 19.2 Å². The summed E-state index contributed by atoms with van der Waals surface area (Å²) in [7, 11) is 2.16. The highest BCUT2D eigenvalue weighted by molar-refractivity contribution is 7.99. The quantitative estimate of drug-likeness (QED) is 0.273. The first-order valence-electron chi connectivity index (χ1n) is 10.6. The predicted molar refractivity (Wildman–Crippen MR) is 136 cm³/mol. The van der Waals surface area contributed by atoms with Gasteiger partial charge < -0.3 is 15.5 Å². The van der Waals surface area contributed by atoms with Gasteiger partial charge in [-0.3, -0.25) is 4.79 Å². The Morgan fingerprint density at radius 2 is 1.82 bits per heavy atom. The van der Waals surface area contributed by atoms with Crippen LogP contribution < -0.4 is 10.6 Å². The van der Waals surface area contributed by atoms with Gasteiger partial charge in [-0.15, -0.1) is 0 Å². The Labute approximate surface area is 202 Å². The zero-order valence-electron chi connectivity index (χ0n) is 18.4. The average molecular weight is 479 g/mol. The van der Waals surface area contributed by atoms with Crippen molar-refractivity contribution >= 4 is 46.9 Å². The number of nitrogens with zero attached hydrogens (tertiary/aromatic N) is 4. The largest absolute Gasteiger partial charge is 0.324 e. The fourth-order valence-electron chi connectivity index (χ4n) is 3.17. The number of likely N-dealkylation sites (N-methyl/N-ethyl adjacent to an activating group) is 1. The zero-order chi connectivity index (χ0) is 23.0. The number of carbonyl (C=O) groups excluding carboxylic acids is 1. The lowest BCUT2D eigenvalue weighted by molar-refractivity contribution is -0.111. The number of benzene rings is 2. The number of nitrogens with one attached hydrogen (secondary N) is 2. The van der Waals surface area contributed by atoms with E-state index in [0.717, 1.165) is 47.5 Å². The molecule has 33 heavy (non-hydrogen) atoms. The first kappa shape index (κ1) is 23.3. The van der Waals surface area contributed by atoms with Crippen LogP contribution in [0.3, 0.4) is 0 Å². The van der Waals surface area contributed by atoms with Crippen LogP contribution >= 0.6 is 23.7 Å². The smallest absolute Gasteiger partial charge is 0.247 e. The van der Waals surface area contributed by atoms with Gasteiger partial charge in [0.1, 0.15) is 5.03 Å². The van der Waals surface area contributed by atoms with E-state index in [1.807, 2.05) is 42.5 Å². The summed E-state index contributed by atoms with van der Waals surface area (Å²) in [6.07, 6.45) is 3.00. The molecule has 3 aromatic rings. The van der Waals surface area contributed by atoms with Gasteiger partial charge >= 0.3 is 0 Å². The molecule has 0 aliphatic carbocycles. The standard InChI is InChI=1S/C24H26N6OS2/c1-3-22(31)26-18-7-9-20(10-8-18)32-23-11-12-25-24(28-23)27-19-5-4-6-21(17-19)33-30-15-13-29(2)14-16-30/h3-12,17H,1,13-16H2,2H3,(H,26,31)(H,25,27,28). The number of hydrogen-bond acceptors (Lipinski definition) is 8. The lowest BCUT2D eigenvalue weighted by Crippen LogP contribution is -2.40. The predicted octanol–water partition coefficient (Wildman–Crippen LogP) is 4.75. The second-order valence-corrected chi connectivity index (χ2v) is 9.78. The van der Waals surface area contributed by atoms with E-state index in [0.29, 0.717) is 5.95 Å². The maximum Gasteiger partial charge on any atom is 0.247 e. The maximum absolute atomic E-state index is 11.4. The molecule has 1 aromatic heterocycles. The van der Waals surface area contributed by atoms with E-state index >= 15 is 0 Å². The minimum absolute atomic E-state index is 0.229. The van der Waals surface area contributed by atoms with E-state index in [-0.39, 0.29) is 5.91 Å². The maximum atomic E-state index is 11.4. The molecule has 0 spiro atoms. The van der Waals surface area contributed by atoms with Crippen LogP contribution in [-0.2, 0) is 4.79 Å². The third kappa shape index (κ3) is 7.06. The van der Waals surface area contributed by atoms with E-state index in [1.165, 1.54) is 22.7 Å². The number of anilines is 3. The second-order valence-electron chi connectivity index (χ2n) is 7.51. The Bertz CT molecular complexity index is 1100. The molecule has 0 atom stereocenters. The van der Waals surface area contributed by atoms with Gasteiger partial charge in [0.15, 0.2) is 0 Å². The molecular weight excluding hydrogens is 452 g/mol. The van der Waals surface area contributed by atoms with Crippen molar-refractivity contribution in [1.29, 1.82) is 0 Å². The van der Waals surface area contributed by atoms with Crippen molar-refractivity contribution in [3.63, 3.8) is 0 Å². The molecule has 2 heterocycles. The lowest BCUT2D eigenvalue weighted by atomic mass is 10.3. The van der Waals surface area contributed by atoms with Gasteiger partial charge in [-0.25, -0.2) is 14.3 Å². The van der Waals surface area contributed by atoms with Gasteiger partial charge in [0.25, 0.3) is 0 Å². The van der Waals surface area contributed by atoms with E-state index in [1.54, 1.807) is 18.1 Å². The summed E-state index contributed by atoms with van der Waals surface area (Å²) in [5.41, 5.74) is 1.68. The molecule has 9 heteroatoms. The number of rotatable bonds is 8. The molecule has 1 saturated heterocycles. The normalized spacial score (nSPS) is 14.6. The summed E-state index contributed by atoms with van der Waals surface area (Å²) in [6, 6.07) is 17.8. The van der Waals surface area contributed by atoms with Gasteiger partial charge in [-0.2, -0.15) is 0 Å². The van der Waals surface area contributed by atoms with Crippen LogP contribution in [-0.4, -0.2) is 58.3 Å². The Morgan fingerprint density at radius 1 is 1.03 bits per heavy atom. The molecule has 4 rings (SSSR count). The van der Waals surface area contributed by atoms with Gasteiger partial charge in [-0.1, -0.05) is 24.4 Å². The number of amides is 1. The van der Waals surface area contributed by atoms with Gasteiger partial charge in [-0.05, 0) is 73.6 Å². The SMILES string of the molecule is C=CC(=O)Nc1ccc(Sc2ccnc(Nc3cccc(SN4CCN(C)CC4)c3)n2)cc1. The Hall–Kier alpha value is -2.85. The van der Waals surface area contributed by atoms with Crippen molar-refractivity contribution in [2.45, 2.75) is 14.8 Å². The lowest BCUT2D eigenvalue weighted by Gasteiger charge is -2.31. The number of piperazine rings is 1. The summed E-state index contributed by atoms with van der Waals surface area (Å²) in [5, 5.41) is 6.89. The van der Waals surface area contributed by atoms with Crippen LogP contribution in [0.4, 0.5) is 17.3 Å². The highest BCUT2D eigenvalue weighted by Crippen LogP contribution is 2.29. The Kier molecular flexibility index (Phi) is 8.01. The third-order valence-corrected chi connectivity index (χ3v) is 6.98. The fraction of sp³-hybridized carbons (Fsp3) is 0.208. The molecular formula is C24H26N6OS2. The van der Waals surface area contributed by atoms with Crippen molar-refractivity contribution in [3.8, 4) is 0 Å². The summed E-state index contributed by atoms with van der Waals surface area (Å²) >= 11 is 3.33. The Balaban J connectivity index is 1.37. The van der Waals surface area contributed by atoms with Crippen LogP contribution in [0.5, 0.6) is 0 Å². The van der Waals surface area contributed by atoms with Crippen LogP contribution in [0.2, 0.25) is 0 Å². The van der Waals surface area contributed by atoms with E-state index < -0.39 is 0 Å². The fourth-order valence-corrected chi connectivity index (χ4v) is 4.91. The zero-order valence-corrected chi connectivity index (χ0v) is 20.0. The first-order valence-corrected chi connectivity index (χ1v) is 12.2. The molecule has 7 nitrogen and oxygen atoms in total. The molecule has 0 radical (unpaired) electrons. The summed E-state index contributed by atoms with van der Waals surface area (Å²) < 4.78 is 2.40. The number of aromatic nitrogens is 2. The van der Waals surface area contributed by atoms with Crippen LogP contribution in [0.25, 0.3) is 0 Å². The van der Waals surface area contributed by atoms with Crippen molar-refractivity contribution in [3.05, 3.63) is 73.4 Å². The van der Waals surface area contributed by atoms with Crippen molar-refractivity contribution in [2.24, 2.45) is 0 Å². The molecule has 0 bridgehead atoms. The van der Waals surface area contributed by atoms with E-state index in [9.17, 15) is 4.79 Å². The summed E-state index contributed by atoms with van der Waals surface area (Å²) in [4.78, 5) is 25.0. The monoisotopic (exact) mass is 478 g/mol. The molecule has 0 saturated carbocycles. The highest BCUT2D eigenvalue weighted by Gasteiger charge is 2.15. The van der Waals surface area contributed by atoms with Gasteiger partial charge in [0.05, 0.1) is 0 Å². The molecule has 170 valence electrons. The molecule has 2 N–H and O–H groups in total. The number of carbonyl (C=O) groups is 1. The third-order valence-electron chi connectivity index (χ3n) is 4.95. The van der Waals surface area contributed by atoms with Crippen LogP contribution in [0.1, 0.15) is 0 Å². The molecule has 1 aliphatic heterocycles. The topological polar surface area (TPSA) is 73.4 Å². The van der Waals surface area contributed by atoms with Crippen LogP contribution in [0, 0.1) is 0 Å². The van der Waals surface area contributed by atoms with E-state index in [4.69, 9.17) is 0 Å². The molecule has 1 fully saturated rings. The molecule has 2 aromatic carbocycles. The van der Waals surface area contributed by atoms with Crippen LogP contribution in [0.15, 0.2) is 88.3 Å². The first-order chi connectivity index (χ1) is 16.1. The minimum Gasteiger partial charge on any atom is -0.324 e. The number of hydrogen-bond donors (Lipinski definition) is 2. The summed E-state index contributed by atoms with van der Waals surface area (Å²) in [6.45, 7) is 7.76. The van der Waals surface area contributed by atoms with Crippen molar-refractivity contribution in [2.75, 3.05) is 43.9 Å². The Morgan fingerprint density at radius 3 is 2.58 bits per heavy atom. The molecule has 1 aliphatic rings. The average Bonchev–Trinajstić information content (AvgIpc) is 2.82. The van der Waals surface area contributed by atoms with Crippen molar-refractivity contribution < 1.29 is 4.79 Å². The molecule has 1 amide bonds. The summed E-state index contributed by atoms with van der Waals surface area (Å²) in [5.74, 6) is 0.324. The highest BCUT2D eigenvalue weighted by atomic mass is 32.2. The van der Waals surface area contributed by atoms with Gasteiger partial charge in [0.2, 0.25) is 11.9 Å². The van der Waals surface area contributed by atoms with E-state index in [2.05, 4.69) is 55.6 Å². The molecule has 0 unspecified atom stereocenters. The second kappa shape index (κ2) is 11.3. The minimum atomic E-state index is -0.229.